The predicted molar refractivity (Wildman–Crippen MR) is 97.2 cm³/mol. The summed E-state index contributed by atoms with van der Waals surface area (Å²) in [5, 5.41) is 8.16. The Morgan fingerprint density at radius 3 is 2.80 bits per heavy atom. The smallest absolute Gasteiger partial charge is 0.163 e. The molecule has 1 aromatic carbocycles. The average Bonchev–Trinajstić information content (AvgIpc) is 2.88. The summed E-state index contributed by atoms with van der Waals surface area (Å²) in [6.07, 6.45) is 2.78. The highest BCUT2D eigenvalue weighted by molar-refractivity contribution is 5.96. The minimum Gasteiger partial charge on any atom is -0.491 e. The summed E-state index contributed by atoms with van der Waals surface area (Å²) in [4.78, 5) is 16.3. The van der Waals surface area contributed by atoms with Gasteiger partial charge in [-0.05, 0) is 37.6 Å². The summed E-state index contributed by atoms with van der Waals surface area (Å²) >= 11 is 0. The van der Waals surface area contributed by atoms with Crippen LogP contribution in [0.15, 0.2) is 42.6 Å². The summed E-state index contributed by atoms with van der Waals surface area (Å²) in [7, 11) is 0. The molecule has 1 aliphatic rings. The minimum absolute atomic E-state index is 0.0324. The number of aromatic nitrogens is 2. The number of benzene rings is 1. The van der Waals surface area contributed by atoms with E-state index in [4.69, 9.17) is 4.74 Å². The summed E-state index contributed by atoms with van der Waals surface area (Å²) in [6.45, 7) is 6.92. The first-order valence-corrected chi connectivity index (χ1v) is 8.72. The number of carbonyl (C=O) groups excluding carboxylic acids is 1. The summed E-state index contributed by atoms with van der Waals surface area (Å²) in [5.41, 5.74) is 0.646. The molecule has 6 nitrogen and oxygen atoms in total. The first-order chi connectivity index (χ1) is 12.2. The van der Waals surface area contributed by atoms with E-state index < -0.39 is 0 Å². The predicted octanol–water partition coefficient (Wildman–Crippen LogP) is 2.27. The van der Waals surface area contributed by atoms with Gasteiger partial charge < -0.3 is 9.64 Å². The van der Waals surface area contributed by atoms with Gasteiger partial charge in [0.2, 0.25) is 0 Å². The zero-order chi connectivity index (χ0) is 17.5. The molecule has 1 fully saturated rings. The Balaban J connectivity index is 1.49. The number of hydrogen-bond acceptors (Lipinski definition) is 6. The molecule has 2 aromatic rings. The van der Waals surface area contributed by atoms with Gasteiger partial charge in [0.05, 0.1) is 5.56 Å². The zero-order valence-electron chi connectivity index (χ0n) is 14.6. The molecule has 0 radical (unpaired) electrons. The normalized spacial score (nSPS) is 15.6. The molecule has 0 unspecified atom stereocenters. The molecule has 1 aromatic heterocycles. The van der Waals surface area contributed by atoms with Crippen molar-refractivity contribution >= 4 is 11.6 Å². The second-order valence-corrected chi connectivity index (χ2v) is 6.16. The molecular weight excluding hydrogens is 316 g/mol. The fraction of sp³-hybridized carbons (Fsp3) is 0.421. The Bertz CT molecular complexity index is 693. The number of ether oxygens (including phenoxy) is 1. The second-order valence-electron chi connectivity index (χ2n) is 6.16. The molecule has 0 amide bonds. The van der Waals surface area contributed by atoms with Gasteiger partial charge in [0.25, 0.3) is 0 Å². The van der Waals surface area contributed by atoms with Gasteiger partial charge in [0, 0.05) is 38.9 Å². The molecule has 0 saturated carbocycles. The number of nitrogens with zero attached hydrogens (tertiary/aromatic N) is 4. The van der Waals surface area contributed by atoms with Gasteiger partial charge in [-0.15, -0.1) is 5.10 Å². The van der Waals surface area contributed by atoms with Crippen molar-refractivity contribution in [3.63, 3.8) is 0 Å². The molecule has 132 valence electrons. The van der Waals surface area contributed by atoms with Crippen LogP contribution in [0.3, 0.4) is 0 Å². The highest BCUT2D eigenvalue weighted by atomic mass is 16.5. The summed E-state index contributed by atoms with van der Waals surface area (Å²) < 4.78 is 5.86. The van der Waals surface area contributed by atoms with E-state index in [9.17, 15) is 4.79 Å². The topological polar surface area (TPSA) is 58.6 Å². The molecule has 2 heterocycles. The molecule has 25 heavy (non-hydrogen) atoms. The van der Waals surface area contributed by atoms with Crippen LogP contribution in [0.5, 0.6) is 5.75 Å². The Hall–Kier alpha value is -2.47. The SMILES string of the molecule is CC(=O)c1ccccc1OCCN1CCCN(c2cccnn2)CC1. The Morgan fingerprint density at radius 2 is 2.00 bits per heavy atom. The fourth-order valence-electron chi connectivity index (χ4n) is 3.05. The van der Waals surface area contributed by atoms with Crippen LogP contribution in [0.4, 0.5) is 5.82 Å². The summed E-state index contributed by atoms with van der Waals surface area (Å²) in [6, 6.07) is 11.3. The number of carbonyl (C=O) groups is 1. The lowest BCUT2D eigenvalue weighted by Crippen LogP contribution is -2.33. The number of para-hydroxylation sites is 1. The average molecular weight is 340 g/mol. The van der Waals surface area contributed by atoms with E-state index in [1.807, 2.05) is 36.4 Å². The van der Waals surface area contributed by atoms with Crippen LogP contribution in [-0.4, -0.2) is 60.2 Å². The van der Waals surface area contributed by atoms with Crippen LogP contribution in [0.25, 0.3) is 0 Å². The van der Waals surface area contributed by atoms with E-state index in [2.05, 4.69) is 20.0 Å². The maximum atomic E-state index is 11.6. The number of Topliss-reactive ketones (excluding diaryl/α,β-unsaturated/α-hetero) is 1. The van der Waals surface area contributed by atoms with Gasteiger partial charge in [-0.1, -0.05) is 12.1 Å². The van der Waals surface area contributed by atoms with Crippen molar-refractivity contribution in [1.29, 1.82) is 0 Å². The van der Waals surface area contributed by atoms with Crippen LogP contribution in [0, 0.1) is 0 Å². The van der Waals surface area contributed by atoms with Gasteiger partial charge in [0.1, 0.15) is 12.4 Å². The third kappa shape index (κ3) is 4.76. The first kappa shape index (κ1) is 17.4. The molecule has 0 spiro atoms. The second kappa shape index (κ2) is 8.58. The van der Waals surface area contributed by atoms with Crippen molar-refractivity contribution < 1.29 is 9.53 Å². The standard InChI is InChI=1S/C19H24N4O2/c1-16(24)17-6-2-3-7-18(17)25-15-14-22-10-5-11-23(13-12-22)19-8-4-9-20-21-19/h2-4,6-9H,5,10-15H2,1H3. The maximum absolute atomic E-state index is 11.6. The molecule has 0 atom stereocenters. The van der Waals surface area contributed by atoms with Crippen molar-refractivity contribution in [2.75, 3.05) is 44.2 Å². The van der Waals surface area contributed by atoms with Gasteiger partial charge >= 0.3 is 0 Å². The fourth-order valence-corrected chi connectivity index (χ4v) is 3.05. The molecule has 3 rings (SSSR count). The molecule has 1 saturated heterocycles. The number of anilines is 1. The van der Waals surface area contributed by atoms with E-state index in [0.29, 0.717) is 17.9 Å². The third-order valence-corrected chi connectivity index (χ3v) is 4.40. The monoisotopic (exact) mass is 340 g/mol. The summed E-state index contributed by atoms with van der Waals surface area (Å²) in [5.74, 6) is 1.65. The zero-order valence-corrected chi connectivity index (χ0v) is 14.6. The van der Waals surface area contributed by atoms with Crippen LogP contribution in [0.2, 0.25) is 0 Å². The molecule has 0 aliphatic carbocycles. The van der Waals surface area contributed by atoms with Gasteiger partial charge in [-0.3, -0.25) is 9.69 Å². The maximum Gasteiger partial charge on any atom is 0.163 e. The Morgan fingerprint density at radius 1 is 1.12 bits per heavy atom. The van der Waals surface area contributed by atoms with Gasteiger partial charge in [-0.2, -0.15) is 5.10 Å². The molecule has 1 aliphatic heterocycles. The number of hydrogen-bond donors (Lipinski definition) is 0. The van der Waals surface area contributed by atoms with Crippen molar-refractivity contribution in [2.45, 2.75) is 13.3 Å². The van der Waals surface area contributed by atoms with Crippen LogP contribution < -0.4 is 9.64 Å². The van der Waals surface area contributed by atoms with Crippen molar-refractivity contribution in [2.24, 2.45) is 0 Å². The largest absolute Gasteiger partial charge is 0.491 e. The van der Waals surface area contributed by atoms with Crippen molar-refractivity contribution in [1.82, 2.24) is 15.1 Å². The highest BCUT2D eigenvalue weighted by Crippen LogP contribution is 2.18. The Labute approximate surface area is 148 Å². The lowest BCUT2D eigenvalue weighted by molar-refractivity contribution is 0.101. The van der Waals surface area contributed by atoms with Gasteiger partial charge in [0.15, 0.2) is 11.6 Å². The van der Waals surface area contributed by atoms with E-state index >= 15 is 0 Å². The van der Waals surface area contributed by atoms with E-state index in [1.54, 1.807) is 13.1 Å². The first-order valence-electron chi connectivity index (χ1n) is 8.72. The van der Waals surface area contributed by atoms with Crippen LogP contribution >= 0.6 is 0 Å². The van der Waals surface area contributed by atoms with Crippen LogP contribution in [-0.2, 0) is 0 Å². The lowest BCUT2D eigenvalue weighted by atomic mass is 10.1. The lowest BCUT2D eigenvalue weighted by Gasteiger charge is -2.22. The molecule has 6 heteroatoms. The molecule has 0 N–H and O–H groups in total. The van der Waals surface area contributed by atoms with E-state index in [-0.39, 0.29) is 5.78 Å². The van der Waals surface area contributed by atoms with Crippen LogP contribution in [0.1, 0.15) is 23.7 Å². The van der Waals surface area contributed by atoms with E-state index in [1.165, 1.54) is 0 Å². The molecule has 0 bridgehead atoms. The molecular formula is C19H24N4O2. The van der Waals surface area contributed by atoms with Gasteiger partial charge in [-0.25, -0.2) is 0 Å². The number of rotatable bonds is 6. The Kier molecular flexibility index (Phi) is 5.95. The minimum atomic E-state index is 0.0324. The van der Waals surface area contributed by atoms with Crippen molar-refractivity contribution in [3.8, 4) is 5.75 Å². The third-order valence-electron chi connectivity index (χ3n) is 4.40. The van der Waals surface area contributed by atoms with Crippen molar-refractivity contribution in [3.05, 3.63) is 48.2 Å². The highest BCUT2D eigenvalue weighted by Gasteiger charge is 2.16. The quantitative estimate of drug-likeness (QED) is 0.752. The van der Waals surface area contributed by atoms with E-state index in [0.717, 1.165) is 45.0 Å². The number of ketones is 1.